The van der Waals surface area contributed by atoms with Gasteiger partial charge in [-0.25, -0.2) is 14.3 Å². The standard InChI is InChI=1S/C6H7F6O7P/c1-4(13)17-20(14,18-15-2-5(7,8)9)19-16-3-6(10,11)12/h2-3H2,1H3. The highest BCUT2D eigenvalue weighted by molar-refractivity contribution is 7.48. The second kappa shape index (κ2) is 7.22. The highest BCUT2D eigenvalue weighted by Gasteiger charge is 2.38. The Morgan fingerprint density at radius 1 is 0.950 bits per heavy atom. The van der Waals surface area contributed by atoms with Gasteiger partial charge in [0, 0.05) is 6.92 Å². The molecule has 0 bridgehead atoms. The molecule has 0 aliphatic rings. The van der Waals surface area contributed by atoms with Gasteiger partial charge in [-0.1, -0.05) is 0 Å². The van der Waals surface area contributed by atoms with Gasteiger partial charge in [-0.15, -0.1) is 9.35 Å². The van der Waals surface area contributed by atoms with Crippen LogP contribution in [0, 0.1) is 0 Å². The minimum absolute atomic E-state index is 0.632. The Bertz CT molecular complexity index is 342. The average Bonchev–Trinajstić information content (AvgIpc) is 2.10. The summed E-state index contributed by atoms with van der Waals surface area (Å²) in [5.41, 5.74) is 0. The highest BCUT2D eigenvalue weighted by atomic mass is 31.2. The van der Waals surface area contributed by atoms with Crippen LogP contribution in [0.15, 0.2) is 0 Å². The molecule has 20 heavy (non-hydrogen) atoms. The molecule has 0 heterocycles. The summed E-state index contributed by atoms with van der Waals surface area (Å²) in [6, 6.07) is 0. The van der Waals surface area contributed by atoms with Crippen molar-refractivity contribution < 1.29 is 59.3 Å². The van der Waals surface area contributed by atoms with Crippen LogP contribution in [0.2, 0.25) is 0 Å². The van der Waals surface area contributed by atoms with Crippen molar-refractivity contribution in [3.63, 3.8) is 0 Å². The maximum Gasteiger partial charge on any atom is 0.587 e. The molecular weight excluding hydrogens is 329 g/mol. The second-order valence-electron chi connectivity index (χ2n) is 2.93. The van der Waals surface area contributed by atoms with Crippen LogP contribution in [-0.4, -0.2) is 31.5 Å². The van der Waals surface area contributed by atoms with Gasteiger partial charge in [0.1, 0.15) is 0 Å². The molecule has 0 aromatic carbocycles. The maximum atomic E-state index is 11.7. The summed E-state index contributed by atoms with van der Waals surface area (Å²) in [5.74, 6) is -1.39. The Labute approximate surface area is 107 Å². The number of alkyl halides is 6. The quantitative estimate of drug-likeness (QED) is 0.306. The molecule has 120 valence electrons. The number of halogens is 6. The van der Waals surface area contributed by atoms with Crippen LogP contribution in [0.1, 0.15) is 6.92 Å². The van der Waals surface area contributed by atoms with Crippen LogP contribution in [0.25, 0.3) is 0 Å². The van der Waals surface area contributed by atoms with Crippen molar-refractivity contribution in [2.24, 2.45) is 0 Å². The first-order chi connectivity index (χ1) is 8.83. The SMILES string of the molecule is CC(=O)OP(=O)(OOCC(F)(F)F)OOCC(F)(F)F. The van der Waals surface area contributed by atoms with Gasteiger partial charge in [-0.3, -0.25) is 4.79 Å². The van der Waals surface area contributed by atoms with Crippen LogP contribution >= 0.6 is 7.82 Å². The first-order valence-corrected chi connectivity index (χ1v) is 5.85. The zero-order chi connectivity index (χ0) is 16.0. The molecule has 0 fully saturated rings. The number of carbonyl (C=O) groups is 1. The Hall–Kier alpha value is -0.880. The largest absolute Gasteiger partial charge is 0.587 e. The summed E-state index contributed by atoms with van der Waals surface area (Å²) in [7, 11) is -5.24. The molecule has 14 heteroatoms. The third kappa shape index (κ3) is 11.0. The van der Waals surface area contributed by atoms with Gasteiger partial charge in [-0.05, 0) is 0 Å². The summed E-state index contributed by atoms with van der Waals surface area (Å²) >= 11 is 0. The number of rotatable bonds is 7. The fourth-order valence-electron chi connectivity index (χ4n) is 0.516. The Morgan fingerprint density at radius 2 is 1.30 bits per heavy atom. The second-order valence-corrected chi connectivity index (χ2v) is 4.31. The van der Waals surface area contributed by atoms with E-state index in [1.807, 2.05) is 0 Å². The first-order valence-electron chi connectivity index (χ1n) is 4.39. The third-order valence-electron chi connectivity index (χ3n) is 0.974. The van der Waals surface area contributed by atoms with E-state index in [2.05, 4.69) is 23.6 Å². The highest BCUT2D eigenvalue weighted by Crippen LogP contribution is 2.50. The molecule has 0 N–H and O–H groups in total. The van der Waals surface area contributed by atoms with Crippen LogP contribution in [0.5, 0.6) is 0 Å². The van der Waals surface area contributed by atoms with Gasteiger partial charge in [0.2, 0.25) is 0 Å². The van der Waals surface area contributed by atoms with Crippen molar-refractivity contribution in [3.05, 3.63) is 0 Å². The van der Waals surface area contributed by atoms with E-state index in [0.29, 0.717) is 6.92 Å². The lowest BCUT2D eigenvalue weighted by atomic mass is 10.7. The van der Waals surface area contributed by atoms with Crippen molar-refractivity contribution in [2.75, 3.05) is 13.2 Å². The number of hydrogen-bond donors (Lipinski definition) is 0. The van der Waals surface area contributed by atoms with Gasteiger partial charge in [0.15, 0.2) is 13.2 Å². The van der Waals surface area contributed by atoms with E-state index >= 15 is 0 Å². The molecule has 0 atom stereocenters. The van der Waals surface area contributed by atoms with E-state index in [9.17, 15) is 35.7 Å². The van der Waals surface area contributed by atoms with E-state index in [-0.39, 0.29) is 0 Å². The van der Waals surface area contributed by atoms with E-state index in [1.165, 1.54) is 0 Å². The Balaban J connectivity index is 4.44. The van der Waals surface area contributed by atoms with Crippen LogP contribution < -0.4 is 0 Å². The molecule has 0 radical (unpaired) electrons. The first kappa shape index (κ1) is 19.1. The lowest BCUT2D eigenvalue weighted by Crippen LogP contribution is -2.19. The van der Waals surface area contributed by atoms with Crippen molar-refractivity contribution in [3.8, 4) is 0 Å². The van der Waals surface area contributed by atoms with E-state index in [0.717, 1.165) is 0 Å². The van der Waals surface area contributed by atoms with Crippen molar-refractivity contribution in [1.29, 1.82) is 0 Å². The molecule has 0 rings (SSSR count). The summed E-state index contributed by atoms with van der Waals surface area (Å²) in [4.78, 5) is 17.3. The van der Waals surface area contributed by atoms with E-state index in [1.54, 1.807) is 0 Å². The lowest BCUT2D eigenvalue weighted by molar-refractivity contribution is -0.329. The summed E-state index contributed by atoms with van der Waals surface area (Å²) in [6.45, 7) is -3.53. The van der Waals surface area contributed by atoms with Crippen LogP contribution in [0.3, 0.4) is 0 Å². The summed E-state index contributed by atoms with van der Waals surface area (Å²) < 4.78 is 92.2. The molecule has 0 aromatic heterocycles. The van der Waals surface area contributed by atoms with Gasteiger partial charge < -0.3 is 4.52 Å². The topological polar surface area (TPSA) is 80.3 Å². The van der Waals surface area contributed by atoms with Crippen molar-refractivity contribution in [2.45, 2.75) is 19.3 Å². The fourth-order valence-corrected chi connectivity index (χ4v) is 1.28. The van der Waals surface area contributed by atoms with Gasteiger partial charge in [0.25, 0.3) is 0 Å². The normalized spacial score (nSPS) is 13.3. The minimum Gasteiger partial charge on any atom is -0.368 e. The number of carbonyl (C=O) groups excluding carboxylic acids is 1. The van der Waals surface area contributed by atoms with Crippen molar-refractivity contribution in [1.82, 2.24) is 0 Å². The molecule has 0 unspecified atom stereocenters. The molecule has 0 spiro atoms. The third-order valence-corrected chi connectivity index (χ3v) is 2.03. The Morgan fingerprint density at radius 3 is 1.55 bits per heavy atom. The molecule has 0 amide bonds. The maximum absolute atomic E-state index is 11.7. The van der Waals surface area contributed by atoms with Gasteiger partial charge in [-0.2, -0.15) is 26.3 Å². The molecule has 0 aliphatic heterocycles. The summed E-state index contributed by atoms with van der Waals surface area (Å²) in [6.07, 6.45) is -9.79. The predicted octanol–water partition coefficient (Wildman–Crippen LogP) is 2.68. The molecular formula is C6H7F6O7P. The smallest absolute Gasteiger partial charge is 0.368 e. The monoisotopic (exact) mass is 336 g/mol. The number of hydrogen-bond acceptors (Lipinski definition) is 7. The van der Waals surface area contributed by atoms with Gasteiger partial charge >= 0.3 is 26.1 Å². The van der Waals surface area contributed by atoms with Crippen molar-refractivity contribution >= 4 is 13.8 Å². The van der Waals surface area contributed by atoms with E-state index < -0.39 is 39.4 Å². The number of phosphoric acid groups is 1. The molecule has 0 aliphatic carbocycles. The zero-order valence-corrected chi connectivity index (χ0v) is 10.4. The van der Waals surface area contributed by atoms with Crippen LogP contribution in [0.4, 0.5) is 26.3 Å². The fraction of sp³-hybridized carbons (Fsp3) is 0.833. The molecule has 0 saturated heterocycles. The molecule has 0 aromatic rings. The lowest BCUT2D eigenvalue weighted by Gasteiger charge is -2.15. The molecule has 0 saturated carbocycles. The molecule has 7 nitrogen and oxygen atoms in total. The summed E-state index contributed by atoms with van der Waals surface area (Å²) in [5, 5.41) is 0. The van der Waals surface area contributed by atoms with Gasteiger partial charge in [0.05, 0.1) is 0 Å². The van der Waals surface area contributed by atoms with Crippen LogP contribution in [-0.2, 0) is 33.0 Å². The zero-order valence-electron chi connectivity index (χ0n) is 9.49. The van der Waals surface area contributed by atoms with E-state index in [4.69, 9.17) is 0 Å². The minimum atomic E-state index is -5.24. The average molecular weight is 336 g/mol. The Kier molecular flexibility index (Phi) is 6.90. The predicted molar refractivity (Wildman–Crippen MR) is 45.6 cm³/mol.